The Morgan fingerprint density at radius 2 is 1.81 bits per heavy atom. The highest BCUT2D eigenvalue weighted by Crippen LogP contribution is 2.55. The quantitative estimate of drug-likeness (QED) is 0.867. The molecule has 1 N–H and O–H groups in total. The number of piperidine rings is 1. The summed E-state index contributed by atoms with van der Waals surface area (Å²) in [4.78, 5) is 17.6. The highest BCUT2D eigenvalue weighted by Gasteiger charge is 2.58. The summed E-state index contributed by atoms with van der Waals surface area (Å²) in [5, 5.41) is 3.41. The molecule has 2 saturated carbocycles. The molecule has 0 radical (unpaired) electrons. The molecule has 2 aliphatic carbocycles. The van der Waals surface area contributed by atoms with Gasteiger partial charge in [-0.15, -0.1) is 0 Å². The molecule has 5 heteroatoms. The van der Waals surface area contributed by atoms with Crippen molar-refractivity contribution in [1.29, 1.82) is 0 Å². The van der Waals surface area contributed by atoms with Crippen LogP contribution in [0.15, 0.2) is 30.3 Å². The molecule has 2 unspecified atom stereocenters. The average molecular weight is 370 g/mol. The number of urea groups is 1. The lowest BCUT2D eigenvalue weighted by molar-refractivity contribution is -0.0241. The first-order valence-corrected chi connectivity index (χ1v) is 10.6. The summed E-state index contributed by atoms with van der Waals surface area (Å²) in [5.41, 5.74) is 1.39. The van der Waals surface area contributed by atoms with Gasteiger partial charge in [-0.1, -0.05) is 30.3 Å². The lowest BCUT2D eigenvalue weighted by Crippen LogP contribution is -2.63. The van der Waals surface area contributed by atoms with E-state index in [1.54, 1.807) is 0 Å². The molecule has 2 atom stereocenters. The first-order chi connectivity index (χ1) is 13.1. The Labute approximate surface area is 162 Å². The number of amides is 2. The summed E-state index contributed by atoms with van der Waals surface area (Å²) in [6.45, 7) is 3.07. The van der Waals surface area contributed by atoms with Crippen LogP contribution < -0.4 is 5.32 Å². The maximum atomic E-state index is 13.1. The van der Waals surface area contributed by atoms with E-state index < -0.39 is 0 Å². The monoisotopic (exact) mass is 369 g/mol. The standard InChI is InChI=1S/C22H31N3O2/c1-24-13-9-17(10-14-24)25-15-22(11-12-22)20(23-21(25)26)19(27-18-7-8-18)16-5-3-2-4-6-16/h2-6,17-20H,7-15H2,1H3,(H,23,26). The molecule has 2 saturated heterocycles. The van der Waals surface area contributed by atoms with Gasteiger partial charge < -0.3 is 19.9 Å². The SMILES string of the molecule is CN1CCC(N2CC3(CC3)C(C(OC3CC3)c3ccccc3)NC2=O)CC1. The Hall–Kier alpha value is -1.59. The van der Waals surface area contributed by atoms with Gasteiger partial charge >= 0.3 is 6.03 Å². The van der Waals surface area contributed by atoms with E-state index in [1.165, 1.54) is 18.4 Å². The molecule has 4 fully saturated rings. The second-order valence-corrected chi connectivity index (χ2v) is 9.12. The molecule has 1 aromatic rings. The molecule has 2 amide bonds. The molecule has 27 heavy (non-hydrogen) atoms. The van der Waals surface area contributed by atoms with Crippen molar-refractivity contribution < 1.29 is 9.53 Å². The minimum absolute atomic E-state index is 0.0233. The predicted octanol–water partition coefficient (Wildman–Crippen LogP) is 3.17. The Balaban J connectivity index is 1.36. The lowest BCUT2D eigenvalue weighted by Gasteiger charge is -2.47. The van der Waals surface area contributed by atoms with Gasteiger partial charge in [0, 0.05) is 18.0 Å². The maximum absolute atomic E-state index is 13.1. The van der Waals surface area contributed by atoms with Crippen molar-refractivity contribution in [2.45, 2.75) is 62.8 Å². The van der Waals surface area contributed by atoms with E-state index in [0.29, 0.717) is 12.1 Å². The van der Waals surface area contributed by atoms with E-state index in [1.807, 2.05) is 6.07 Å². The maximum Gasteiger partial charge on any atom is 0.318 e. The molecule has 2 heterocycles. The molecular formula is C22H31N3O2. The largest absolute Gasteiger partial charge is 0.368 e. The van der Waals surface area contributed by atoms with Crippen LogP contribution in [-0.4, -0.2) is 60.7 Å². The van der Waals surface area contributed by atoms with Crippen molar-refractivity contribution in [3.63, 3.8) is 0 Å². The number of likely N-dealkylation sites (tertiary alicyclic amines) is 1. The highest BCUT2D eigenvalue weighted by molar-refractivity contribution is 5.76. The molecule has 0 bridgehead atoms. The summed E-state index contributed by atoms with van der Waals surface area (Å²) in [7, 11) is 2.17. The zero-order chi connectivity index (χ0) is 18.4. The van der Waals surface area contributed by atoms with E-state index in [0.717, 1.165) is 45.3 Å². The fraction of sp³-hybridized carbons (Fsp3) is 0.682. The van der Waals surface area contributed by atoms with Crippen LogP contribution in [0.4, 0.5) is 4.79 Å². The minimum Gasteiger partial charge on any atom is -0.368 e. The van der Waals surface area contributed by atoms with Crippen molar-refractivity contribution in [2.75, 3.05) is 26.7 Å². The van der Waals surface area contributed by atoms with Crippen LogP contribution in [0.25, 0.3) is 0 Å². The Bertz CT molecular complexity index is 678. The van der Waals surface area contributed by atoms with Crippen LogP contribution in [-0.2, 0) is 4.74 Å². The zero-order valence-corrected chi connectivity index (χ0v) is 16.3. The molecule has 2 aliphatic heterocycles. The van der Waals surface area contributed by atoms with E-state index >= 15 is 0 Å². The van der Waals surface area contributed by atoms with Crippen molar-refractivity contribution in [3.05, 3.63) is 35.9 Å². The molecule has 1 aromatic carbocycles. The third-order valence-corrected chi connectivity index (χ3v) is 7.00. The van der Waals surface area contributed by atoms with Crippen molar-refractivity contribution in [3.8, 4) is 0 Å². The topological polar surface area (TPSA) is 44.8 Å². The van der Waals surface area contributed by atoms with Gasteiger partial charge in [-0.25, -0.2) is 4.79 Å². The highest BCUT2D eigenvalue weighted by atomic mass is 16.5. The van der Waals surface area contributed by atoms with Gasteiger partial charge in [-0.05, 0) is 64.2 Å². The van der Waals surface area contributed by atoms with Crippen LogP contribution in [0.1, 0.15) is 50.2 Å². The fourth-order valence-corrected chi connectivity index (χ4v) is 4.91. The minimum atomic E-state index is -0.0233. The first-order valence-electron chi connectivity index (χ1n) is 10.6. The molecule has 0 aromatic heterocycles. The Morgan fingerprint density at radius 1 is 1.11 bits per heavy atom. The van der Waals surface area contributed by atoms with Gasteiger partial charge in [0.25, 0.3) is 0 Å². The number of nitrogens with one attached hydrogen (secondary N) is 1. The number of nitrogens with zero attached hydrogens (tertiary/aromatic N) is 2. The van der Waals surface area contributed by atoms with E-state index in [9.17, 15) is 4.79 Å². The van der Waals surface area contributed by atoms with Crippen LogP contribution in [0.2, 0.25) is 0 Å². The van der Waals surface area contributed by atoms with Crippen LogP contribution in [0.3, 0.4) is 0 Å². The van der Waals surface area contributed by atoms with Gasteiger partial charge in [0.1, 0.15) is 6.10 Å². The average Bonchev–Trinajstić information content (AvgIpc) is 3.61. The summed E-state index contributed by atoms with van der Waals surface area (Å²) in [5.74, 6) is 0. The summed E-state index contributed by atoms with van der Waals surface area (Å²) >= 11 is 0. The second-order valence-electron chi connectivity index (χ2n) is 9.12. The zero-order valence-electron chi connectivity index (χ0n) is 16.3. The first kappa shape index (κ1) is 17.5. The van der Waals surface area contributed by atoms with Gasteiger partial charge in [-0.2, -0.15) is 0 Å². The smallest absolute Gasteiger partial charge is 0.318 e. The van der Waals surface area contributed by atoms with E-state index in [2.05, 4.69) is 46.4 Å². The third kappa shape index (κ3) is 3.47. The van der Waals surface area contributed by atoms with E-state index in [-0.39, 0.29) is 23.6 Å². The Morgan fingerprint density at radius 3 is 2.44 bits per heavy atom. The number of ether oxygens (including phenoxy) is 1. The predicted molar refractivity (Wildman–Crippen MR) is 105 cm³/mol. The summed E-state index contributed by atoms with van der Waals surface area (Å²) in [6.07, 6.45) is 7.21. The van der Waals surface area contributed by atoms with Crippen LogP contribution in [0, 0.1) is 5.41 Å². The van der Waals surface area contributed by atoms with Crippen molar-refractivity contribution in [1.82, 2.24) is 15.1 Å². The molecule has 5 rings (SSSR count). The third-order valence-electron chi connectivity index (χ3n) is 7.00. The summed E-state index contributed by atoms with van der Waals surface area (Å²) in [6, 6.07) is 11.1. The summed E-state index contributed by atoms with van der Waals surface area (Å²) < 4.78 is 6.47. The van der Waals surface area contributed by atoms with Gasteiger partial charge in [-0.3, -0.25) is 0 Å². The number of hydrogen-bond donors (Lipinski definition) is 1. The molecule has 1 spiro atoms. The van der Waals surface area contributed by atoms with Gasteiger partial charge in [0.05, 0.1) is 12.1 Å². The second kappa shape index (κ2) is 6.78. The fourth-order valence-electron chi connectivity index (χ4n) is 4.91. The lowest BCUT2D eigenvalue weighted by atomic mass is 9.85. The number of benzene rings is 1. The van der Waals surface area contributed by atoms with Crippen molar-refractivity contribution in [2.24, 2.45) is 5.41 Å². The number of carbonyl (C=O) groups is 1. The number of carbonyl (C=O) groups excluding carboxylic acids is 1. The number of rotatable bonds is 5. The molecule has 4 aliphatic rings. The Kier molecular flexibility index (Phi) is 4.40. The number of hydrogen-bond acceptors (Lipinski definition) is 3. The normalized spacial score (nSPS) is 29.6. The van der Waals surface area contributed by atoms with Gasteiger partial charge in [0.2, 0.25) is 0 Å². The van der Waals surface area contributed by atoms with Crippen LogP contribution >= 0.6 is 0 Å². The molecule has 5 nitrogen and oxygen atoms in total. The van der Waals surface area contributed by atoms with E-state index in [4.69, 9.17) is 4.74 Å². The molecular weight excluding hydrogens is 338 g/mol. The van der Waals surface area contributed by atoms with Crippen LogP contribution in [0.5, 0.6) is 0 Å². The van der Waals surface area contributed by atoms with Gasteiger partial charge in [0.15, 0.2) is 0 Å². The van der Waals surface area contributed by atoms with Crippen molar-refractivity contribution >= 4 is 6.03 Å². The molecule has 146 valence electrons.